The van der Waals surface area contributed by atoms with E-state index in [4.69, 9.17) is 5.11 Å². The van der Waals surface area contributed by atoms with Gasteiger partial charge in [0, 0.05) is 12.4 Å². The first-order valence-electron chi connectivity index (χ1n) is 7.21. The number of carbonyl (C=O) groups is 1. The summed E-state index contributed by atoms with van der Waals surface area (Å²) in [5, 5.41) is 10.5. The average Bonchev–Trinajstić information content (AvgIpc) is 2.60. The maximum Gasteiger partial charge on any atom is 0.335 e. The topological polar surface area (TPSA) is 74.7 Å². The predicted octanol–water partition coefficient (Wildman–Crippen LogP) is 3.36. The molecule has 0 aromatic heterocycles. The van der Waals surface area contributed by atoms with Crippen molar-refractivity contribution in [1.29, 1.82) is 0 Å². The Morgan fingerprint density at radius 1 is 0.958 bits per heavy atom. The lowest BCUT2D eigenvalue weighted by Gasteiger charge is -2.21. The number of benzene rings is 3. The predicted molar refractivity (Wildman–Crippen MR) is 92.9 cm³/mol. The van der Waals surface area contributed by atoms with Crippen LogP contribution in [0.15, 0.2) is 71.6 Å². The lowest BCUT2D eigenvalue weighted by Crippen LogP contribution is -2.27. The molecular formula is C18H15NO4S. The van der Waals surface area contributed by atoms with E-state index >= 15 is 0 Å². The van der Waals surface area contributed by atoms with E-state index in [1.165, 1.54) is 25.2 Å². The molecule has 0 atom stereocenters. The van der Waals surface area contributed by atoms with Crippen LogP contribution in [0.1, 0.15) is 10.4 Å². The molecule has 0 heterocycles. The minimum atomic E-state index is -3.82. The van der Waals surface area contributed by atoms with Crippen LogP contribution in [-0.4, -0.2) is 26.5 Å². The van der Waals surface area contributed by atoms with Crippen molar-refractivity contribution in [2.24, 2.45) is 0 Å². The highest BCUT2D eigenvalue weighted by Crippen LogP contribution is 2.28. The van der Waals surface area contributed by atoms with Gasteiger partial charge in [0.15, 0.2) is 0 Å². The molecule has 3 aromatic carbocycles. The van der Waals surface area contributed by atoms with Crippen molar-refractivity contribution in [2.75, 3.05) is 11.4 Å². The minimum Gasteiger partial charge on any atom is -0.478 e. The van der Waals surface area contributed by atoms with Crippen molar-refractivity contribution in [3.8, 4) is 0 Å². The summed E-state index contributed by atoms with van der Waals surface area (Å²) >= 11 is 0. The molecule has 122 valence electrons. The molecule has 0 fully saturated rings. The number of carboxylic acid groups (broad SMARTS) is 1. The first-order chi connectivity index (χ1) is 11.4. The van der Waals surface area contributed by atoms with Crippen molar-refractivity contribution >= 4 is 32.5 Å². The van der Waals surface area contributed by atoms with Crippen molar-refractivity contribution in [2.45, 2.75) is 4.90 Å². The second-order valence-electron chi connectivity index (χ2n) is 5.31. The quantitative estimate of drug-likeness (QED) is 0.789. The Morgan fingerprint density at radius 2 is 1.62 bits per heavy atom. The van der Waals surface area contributed by atoms with Gasteiger partial charge in [-0.2, -0.15) is 0 Å². The number of carboxylic acids is 1. The van der Waals surface area contributed by atoms with Crippen LogP contribution in [0.2, 0.25) is 0 Å². The molecule has 6 heteroatoms. The van der Waals surface area contributed by atoms with Crippen molar-refractivity contribution in [3.05, 3.63) is 72.3 Å². The third-order valence-electron chi connectivity index (χ3n) is 3.84. The van der Waals surface area contributed by atoms with Crippen LogP contribution < -0.4 is 4.31 Å². The van der Waals surface area contributed by atoms with E-state index in [0.717, 1.165) is 9.69 Å². The van der Waals surface area contributed by atoms with Gasteiger partial charge in [-0.15, -0.1) is 0 Å². The molecular weight excluding hydrogens is 326 g/mol. The Labute approximate surface area is 139 Å². The fraction of sp³-hybridized carbons (Fsp3) is 0.0556. The van der Waals surface area contributed by atoms with Gasteiger partial charge in [-0.3, -0.25) is 4.31 Å². The fourth-order valence-electron chi connectivity index (χ4n) is 2.54. The third kappa shape index (κ3) is 2.72. The number of fused-ring (bicyclic) bond motifs is 1. The second kappa shape index (κ2) is 5.98. The monoisotopic (exact) mass is 341 g/mol. The van der Waals surface area contributed by atoms with E-state index in [-0.39, 0.29) is 10.5 Å². The normalized spacial score (nSPS) is 11.4. The van der Waals surface area contributed by atoms with E-state index in [9.17, 15) is 13.2 Å². The van der Waals surface area contributed by atoms with E-state index < -0.39 is 16.0 Å². The zero-order valence-electron chi connectivity index (χ0n) is 12.9. The Hall–Kier alpha value is -2.86. The molecule has 0 aliphatic carbocycles. The van der Waals surface area contributed by atoms with Crippen LogP contribution in [0.25, 0.3) is 10.8 Å². The van der Waals surface area contributed by atoms with Crippen LogP contribution >= 0.6 is 0 Å². The van der Waals surface area contributed by atoms with Gasteiger partial charge in [-0.25, -0.2) is 13.2 Å². The highest BCUT2D eigenvalue weighted by atomic mass is 32.2. The van der Waals surface area contributed by atoms with E-state index in [2.05, 4.69) is 0 Å². The fourth-order valence-corrected chi connectivity index (χ4v) is 3.94. The summed E-state index contributed by atoms with van der Waals surface area (Å²) in [5.41, 5.74) is 0.329. The highest BCUT2D eigenvalue weighted by molar-refractivity contribution is 7.93. The van der Waals surface area contributed by atoms with Gasteiger partial charge >= 0.3 is 5.97 Å². The lowest BCUT2D eigenvalue weighted by molar-refractivity contribution is 0.0697. The molecule has 0 bridgehead atoms. The summed E-state index contributed by atoms with van der Waals surface area (Å²) < 4.78 is 27.1. The standard InChI is InChI=1S/C18H15NO4S/c1-19(15-9-4-8-14(12-15)18(20)21)24(22,23)17-11-5-7-13-6-2-3-10-16(13)17/h2-12H,1H3,(H,20,21). The number of hydrogen-bond acceptors (Lipinski definition) is 3. The molecule has 0 radical (unpaired) electrons. The summed E-state index contributed by atoms with van der Waals surface area (Å²) in [6.45, 7) is 0. The van der Waals surface area contributed by atoms with Crippen LogP contribution in [0.4, 0.5) is 5.69 Å². The van der Waals surface area contributed by atoms with Crippen LogP contribution in [0, 0.1) is 0 Å². The van der Waals surface area contributed by atoms with Crippen molar-refractivity contribution < 1.29 is 18.3 Å². The molecule has 0 spiro atoms. The van der Waals surface area contributed by atoms with E-state index in [0.29, 0.717) is 11.1 Å². The Bertz CT molecular complexity index is 1020. The molecule has 3 rings (SSSR count). The Balaban J connectivity index is 2.13. The zero-order valence-corrected chi connectivity index (χ0v) is 13.7. The van der Waals surface area contributed by atoms with Crippen molar-refractivity contribution in [3.63, 3.8) is 0 Å². The minimum absolute atomic E-state index is 0.0347. The average molecular weight is 341 g/mol. The van der Waals surface area contributed by atoms with E-state index in [1.807, 2.05) is 18.2 Å². The molecule has 1 N–H and O–H groups in total. The third-order valence-corrected chi connectivity index (χ3v) is 5.69. The van der Waals surface area contributed by atoms with Gasteiger partial charge < -0.3 is 5.11 Å². The molecule has 0 saturated heterocycles. The summed E-state index contributed by atoms with van der Waals surface area (Å²) in [6.07, 6.45) is 0. The SMILES string of the molecule is CN(c1cccc(C(=O)O)c1)S(=O)(=O)c1cccc2ccccc12. The number of rotatable bonds is 4. The lowest BCUT2D eigenvalue weighted by atomic mass is 10.1. The van der Waals surface area contributed by atoms with Crippen molar-refractivity contribution in [1.82, 2.24) is 0 Å². The van der Waals surface area contributed by atoms with Gasteiger partial charge in [0.1, 0.15) is 0 Å². The molecule has 3 aromatic rings. The number of sulfonamides is 1. The number of anilines is 1. The zero-order chi connectivity index (χ0) is 17.3. The smallest absolute Gasteiger partial charge is 0.335 e. The molecule has 24 heavy (non-hydrogen) atoms. The molecule has 5 nitrogen and oxygen atoms in total. The number of hydrogen-bond donors (Lipinski definition) is 1. The maximum atomic E-state index is 13.0. The number of nitrogens with zero attached hydrogens (tertiary/aromatic N) is 1. The molecule has 0 amide bonds. The summed E-state index contributed by atoms with van der Waals surface area (Å²) in [7, 11) is -2.41. The maximum absolute atomic E-state index is 13.0. The van der Waals surface area contributed by atoms with Crippen LogP contribution in [-0.2, 0) is 10.0 Å². The van der Waals surface area contributed by atoms with Gasteiger partial charge in [0.05, 0.1) is 16.1 Å². The first-order valence-corrected chi connectivity index (χ1v) is 8.65. The molecule has 0 aliphatic heterocycles. The van der Waals surface area contributed by atoms with Crippen LogP contribution in [0.5, 0.6) is 0 Å². The van der Waals surface area contributed by atoms with Gasteiger partial charge in [0.25, 0.3) is 10.0 Å². The van der Waals surface area contributed by atoms with Crippen LogP contribution in [0.3, 0.4) is 0 Å². The Kier molecular flexibility index (Phi) is 3.99. The van der Waals surface area contributed by atoms with Gasteiger partial charge in [0.2, 0.25) is 0 Å². The molecule has 0 aliphatic rings. The summed E-state index contributed by atoms with van der Waals surface area (Å²) in [6, 6.07) is 18.2. The number of aromatic carboxylic acids is 1. The summed E-state index contributed by atoms with van der Waals surface area (Å²) in [5.74, 6) is -1.10. The molecule has 0 saturated carbocycles. The van der Waals surface area contributed by atoms with Gasteiger partial charge in [-0.1, -0.05) is 42.5 Å². The Morgan fingerprint density at radius 3 is 2.38 bits per heavy atom. The van der Waals surface area contributed by atoms with E-state index in [1.54, 1.807) is 30.3 Å². The first kappa shape index (κ1) is 16.0. The largest absolute Gasteiger partial charge is 0.478 e. The van der Waals surface area contributed by atoms with Gasteiger partial charge in [-0.05, 0) is 29.7 Å². The second-order valence-corrected chi connectivity index (χ2v) is 7.24. The summed E-state index contributed by atoms with van der Waals surface area (Å²) in [4.78, 5) is 11.3. The highest BCUT2D eigenvalue weighted by Gasteiger charge is 2.23. The molecule has 0 unspecified atom stereocenters.